The normalized spacial score (nSPS) is 16.1. The molecule has 0 heterocycles. The number of nitrogens with one attached hydrogen (secondary N) is 1. The van der Waals surface area contributed by atoms with E-state index in [1.165, 1.54) is 0 Å². The highest BCUT2D eigenvalue weighted by atomic mass is 16.5. The van der Waals surface area contributed by atoms with Crippen LogP contribution in [0.3, 0.4) is 0 Å². The van der Waals surface area contributed by atoms with Crippen molar-refractivity contribution >= 4 is 11.7 Å². The van der Waals surface area contributed by atoms with Crippen LogP contribution in [0, 0.1) is 11.3 Å². The molecular formula is C11H18N2O2. The Morgan fingerprint density at radius 2 is 2.13 bits per heavy atom. The SMILES string of the molecule is CCOC(=O)C(=N)/C(=C/N(C)C)C1CC1. The average Bonchev–Trinajstić information content (AvgIpc) is 2.96. The van der Waals surface area contributed by atoms with Crippen molar-refractivity contribution < 1.29 is 9.53 Å². The van der Waals surface area contributed by atoms with Crippen molar-refractivity contribution in [1.82, 2.24) is 4.90 Å². The van der Waals surface area contributed by atoms with Gasteiger partial charge in [0.25, 0.3) is 0 Å². The summed E-state index contributed by atoms with van der Waals surface area (Å²) < 4.78 is 4.82. The van der Waals surface area contributed by atoms with Crippen LogP contribution in [0.25, 0.3) is 0 Å². The Labute approximate surface area is 90.4 Å². The first-order valence-corrected chi connectivity index (χ1v) is 5.20. The molecule has 1 fully saturated rings. The molecule has 0 aromatic carbocycles. The van der Waals surface area contributed by atoms with E-state index in [0.29, 0.717) is 12.5 Å². The highest BCUT2D eigenvalue weighted by Gasteiger charge is 2.31. The van der Waals surface area contributed by atoms with Gasteiger partial charge in [0.2, 0.25) is 0 Å². The third-order valence-corrected chi connectivity index (χ3v) is 2.18. The van der Waals surface area contributed by atoms with Crippen LogP contribution >= 0.6 is 0 Å². The smallest absolute Gasteiger partial charge is 0.356 e. The molecule has 1 aliphatic carbocycles. The van der Waals surface area contributed by atoms with Crippen LogP contribution < -0.4 is 0 Å². The number of hydrogen-bond acceptors (Lipinski definition) is 4. The van der Waals surface area contributed by atoms with Crippen LogP contribution in [0.2, 0.25) is 0 Å². The number of esters is 1. The van der Waals surface area contributed by atoms with E-state index in [-0.39, 0.29) is 5.71 Å². The summed E-state index contributed by atoms with van der Waals surface area (Å²) in [5.74, 6) is -0.137. The standard InChI is InChI=1S/C11H18N2O2/c1-4-15-11(14)10(12)9(7-13(2)3)8-5-6-8/h7-8,12H,4-6H2,1-3H3/b9-7+,12-10?. The van der Waals surface area contributed by atoms with Gasteiger partial charge in [0.1, 0.15) is 5.71 Å². The fraction of sp³-hybridized carbons (Fsp3) is 0.636. The van der Waals surface area contributed by atoms with Crippen molar-refractivity contribution in [3.63, 3.8) is 0 Å². The van der Waals surface area contributed by atoms with E-state index in [4.69, 9.17) is 10.1 Å². The number of hydrogen-bond donors (Lipinski definition) is 1. The zero-order chi connectivity index (χ0) is 11.4. The minimum Gasteiger partial charge on any atom is -0.461 e. The zero-order valence-corrected chi connectivity index (χ0v) is 9.54. The molecule has 0 radical (unpaired) electrons. The molecule has 0 saturated heterocycles. The van der Waals surface area contributed by atoms with Crippen molar-refractivity contribution in [1.29, 1.82) is 5.41 Å². The van der Waals surface area contributed by atoms with E-state index in [1.807, 2.05) is 25.2 Å². The van der Waals surface area contributed by atoms with Gasteiger partial charge in [-0.1, -0.05) is 0 Å². The molecule has 1 aliphatic rings. The summed E-state index contributed by atoms with van der Waals surface area (Å²) in [4.78, 5) is 13.3. The van der Waals surface area contributed by atoms with E-state index >= 15 is 0 Å². The van der Waals surface area contributed by atoms with Gasteiger partial charge in [-0.2, -0.15) is 0 Å². The lowest BCUT2D eigenvalue weighted by Gasteiger charge is -2.11. The highest BCUT2D eigenvalue weighted by molar-refractivity contribution is 6.42. The minimum atomic E-state index is -0.516. The summed E-state index contributed by atoms with van der Waals surface area (Å²) in [5, 5.41) is 7.75. The predicted molar refractivity (Wildman–Crippen MR) is 58.9 cm³/mol. The largest absolute Gasteiger partial charge is 0.461 e. The maximum atomic E-state index is 11.4. The van der Waals surface area contributed by atoms with Crippen LogP contribution in [-0.2, 0) is 9.53 Å². The van der Waals surface area contributed by atoms with Gasteiger partial charge in [-0.15, -0.1) is 0 Å². The lowest BCUT2D eigenvalue weighted by Crippen LogP contribution is -2.21. The second kappa shape index (κ2) is 4.96. The first kappa shape index (κ1) is 11.8. The van der Waals surface area contributed by atoms with E-state index in [9.17, 15) is 4.79 Å². The maximum absolute atomic E-state index is 11.4. The zero-order valence-electron chi connectivity index (χ0n) is 9.54. The maximum Gasteiger partial charge on any atom is 0.356 e. The van der Waals surface area contributed by atoms with Crippen molar-refractivity contribution in [3.8, 4) is 0 Å². The molecule has 1 N–H and O–H groups in total. The fourth-order valence-electron chi connectivity index (χ4n) is 1.37. The highest BCUT2D eigenvalue weighted by Crippen LogP contribution is 2.37. The van der Waals surface area contributed by atoms with Crippen molar-refractivity contribution in [2.24, 2.45) is 5.92 Å². The van der Waals surface area contributed by atoms with Gasteiger partial charge in [0, 0.05) is 25.9 Å². The Balaban J connectivity index is 2.72. The molecular weight excluding hydrogens is 192 g/mol. The molecule has 4 heteroatoms. The van der Waals surface area contributed by atoms with Gasteiger partial charge in [-0.05, 0) is 25.7 Å². The number of carbonyl (C=O) groups is 1. The molecule has 0 amide bonds. The van der Waals surface area contributed by atoms with E-state index in [2.05, 4.69) is 0 Å². The molecule has 0 bridgehead atoms. The van der Waals surface area contributed by atoms with Gasteiger partial charge < -0.3 is 9.64 Å². The summed E-state index contributed by atoms with van der Waals surface area (Å²) in [6.45, 7) is 2.07. The lowest BCUT2D eigenvalue weighted by atomic mass is 10.1. The Kier molecular flexibility index (Phi) is 3.88. The third kappa shape index (κ3) is 3.38. The van der Waals surface area contributed by atoms with Crippen LogP contribution in [0.5, 0.6) is 0 Å². The number of nitrogens with zero attached hydrogens (tertiary/aromatic N) is 1. The molecule has 0 aliphatic heterocycles. The minimum absolute atomic E-state index is 0.00745. The second-order valence-electron chi connectivity index (χ2n) is 3.92. The molecule has 1 saturated carbocycles. The summed E-state index contributed by atoms with van der Waals surface area (Å²) >= 11 is 0. The van der Waals surface area contributed by atoms with E-state index in [1.54, 1.807) is 6.92 Å². The van der Waals surface area contributed by atoms with Gasteiger partial charge in [-0.25, -0.2) is 4.79 Å². The number of carbonyl (C=O) groups excluding carboxylic acids is 1. The van der Waals surface area contributed by atoms with Crippen LogP contribution in [-0.4, -0.2) is 37.3 Å². The van der Waals surface area contributed by atoms with Crippen LogP contribution in [0.1, 0.15) is 19.8 Å². The van der Waals surface area contributed by atoms with Gasteiger partial charge >= 0.3 is 5.97 Å². The Morgan fingerprint density at radius 1 is 1.53 bits per heavy atom. The molecule has 0 aromatic heterocycles. The number of ether oxygens (including phenoxy) is 1. The quantitative estimate of drug-likeness (QED) is 0.551. The molecule has 15 heavy (non-hydrogen) atoms. The molecule has 4 nitrogen and oxygen atoms in total. The monoisotopic (exact) mass is 210 g/mol. The topological polar surface area (TPSA) is 53.4 Å². The molecule has 0 spiro atoms. The van der Waals surface area contributed by atoms with Crippen molar-refractivity contribution in [2.45, 2.75) is 19.8 Å². The molecule has 0 aromatic rings. The predicted octanol–water partition coefficient (Wildman–Crippen LogP) is 1.42. The molecule has 0 atom stereocenters. The Hall–Kier alpha value is -1.32. The summed E-state index contributed by atoms with van der Waals surface area (Å²) in [5.41, 5.74) is 0.812. The van der Waals surface area contributed by atoms with E-state index < -0.39 is 5.97 Å². The average molecular weight is 210 g/mol. The van der Waals surface area contributed by atoms with Crippen molar-refractivity contribution in [2.75, 3.05) is 20.7 Å². The van der Waals surface area contributed by atoms with Crippen LogP contribution in [0.4, 0.5) is 0 Å². The summed E-state index contributed by atoms with van der Waals surface area (Å²) in [6, 6.07) is 0. The van der Waals surface area contributed by atoms with E-state index in [0.717, 1.165) is 18.4 Å². The van der Waals surface area contributed by atoms with Gasteiger partial charge in [0.05, 0.1) is 6.61 Å². The Bertz CT molecular complexity index is 291. The van der Waals surface area contributed by atoms with Gasteiger partial charge in [-0.3, -0.25) is 5.41 Å². The van der Waals surface area contributed by atoms with Gasteiger partial charge in [0.15, 0.2) is 0 Å². The molecule has 0 unspecified atom stereocenters. The second-order valence-corrected chi connectivity index (χ2v) is 3.92. The summed E-state index contributed by atoms with van der Waals surface area (Å²) in [6.07, 6.45) is 3.99. The lowest BCUT2D eigenvalue weighted by molar-refractivity contribution is -0.135. The number of rotatable bonds is 5. The first-order chi connectivity index (χ1) is 7.06. The van der Waals surface area contributed by atoms with Crippen molar-refractivity contribution in [3.05, 3.63) is 11.8 Å². The summed E-state index contributed by atoms with van der Waals surface area (Å²) in [7, 11) is 3.78. The van der Waals surface area contributed by atoms with Crippen LogP contribution in [0.15, 0.2) is 11.8 Å². The third-order valence-electron chi connectivity index (χ3n) is 2.18. The Morgan fingerprint density at radius 3 is 2.53 bits per heavy atom. The fourth-order valence-corrected chi connectivity index (χ4v) is 1.37. The molecule has 84 valence electrons. The molecule has 1 rings (SSSR count). The first-order valence-electron chi connectivity index (χ1n) is 5.20.